The number of hydrogen-bond acceptors (Lipinski definition) is 4. The van der Waals surface area contributed by atoms with Gasteiger partial charge in [-0.15, -0.1) is 10.2 Å². The van der Waals surface area contributed by atoms with Crippen molar-refractivity contribution in [2.75, 3.05) is 6.61 Å². The quantitative estimate of drug-likeness (QED) is 0.782. The van der Waals surface area contributed by atoms with E-state index < -0.39 is 0 Å². The van der Waals surface area contributed by atoms with Crippen LogP contribution in [0, 0.1) is 5.92 Å². The van der Waals surface area contributed by atoms with Crippen LogP contribution in [0.1, 0.15) is 26.7 Å². The third-order valence-electron chi connectivity index (χ3n) is 3.04. The first-order valence-electron chi connectivity index (χ1n) is 6.29. The fraction of sp³-hybridized carbons (Fsp3) is 0.429. The molecule has 2 aromatic rings. The second kappa shape index (κ2) is 6.19. The summed E-state index contributed by atoms with van der Waals surface area (Å²) in [6.07, 6.45) is 3.60. The zero-order chi connectivity index (χ0) is 12.8. The van der Waals surface area contributed by atoms with Gasteiger partial charge in [-0.3, -0.25) is 0 Å². The number of benzene rings is 1. The molecular weight excluding hydrogens is 228 g/mol. The van der Waals surface area contributed by atoms with Crippen molar-refractivity contribution in [2.45, 2.75) is 26.7 Å². The van der Waals surface area contributed by atoms with Crippen LogP contribution < -0.4 is 4.74 Å². The van der Waals surface area contributed by atoms with Crippen molar-refractivity contribution >= 4 is 0 Å². The van der Waals surface area contributed by atoms with E-state index in [4.69, 9.17) is 9.15 Å². The van der Waals surface area contributed by atoms with Gasteiger partial charge < -0.3 is 9.15 Å². The molecule has 2 rings (SSSR count). The van der Waals surface area contributed by atoms with Gasteiger partial charge in [0, 0.05) is 5.56 Å². The van der Waals surface area contributed by atoms with Gasteiger partial charge in [0.1, 0.15) is 5.75 Å². The minimum atomic E-state index is 0.529. The highest BCUT2D eigenvalue weighted by atomic mass is 16.5. The van der Waals surface area contributed by atoms with E-state index in [1.807, 2.05) is 24.3 Å². The van der Waals surface area contributed by atoms with E-state index in [-0.39, 0.29) is 0 Å². The molecular formula is C14H18N2O2. The Morgan fingerprint density at radius 3 is 2.67 bits per heavy atom. The molecule has 4 heteroatoms. The van der Waals surface area contributed by atoms with Crippen LogP contribution in [0.4, 0.5) is 0 Å². The van der Waals surface area contributed by atoms with Gasteiger partial charge in [0.15, 0.2) is 0 Å². The fourth-order valence-electron chi connectivity index (χ4n) is 1.57. The van der Waals surface area contributed by atoms with Gasteiger partial charge in [0.25, 0.3) is 0 Å². The number of hydrogen-bond donors (Lipinski definition) is 0. The summed E-state index contributed by atoms with van der Waals surface area (Å²) in [5.74, 6) is 2.12. The first kappa shape index (κ1) is 12.6. The lowest BCUT2D eigenvalue weighted by molar-refractivity contribution is 0.281. The van der Waals surface area contributed by atoms with Gasteiger partial charge in [0.2, 0.25) is 12.3 Å². The SMILES string of the molecule is CCC(C)CCOc1ccc(-c2nnco2)cc1. The largest absolute Gasteiger partial charge is 0.494 e. The Hall–Kier alpha value is -1.84. The van der Waals surface area contributed by atoms with Crippen LogP contribution in [-0.4, -0.2) is 16.8 Å². The van der Waals surface area contributed by atoms with E-state index in [1.165, 1.54) is 12.8 Å². The maximum Gasteiger partial charge on any atom is 0.247 e. The minimum Gasteiger partial charge on any atom is -0.494 e. The summed E-state index contributed by atoms with van der Waals surface area (Å²) in [6.45, 7) is 5.20. The summed E-state index contributed by atoms with van der Waals surface area (Å²) >= 11 is 0. The third kappa shape index (κ3) is 3.32. The van der Waals surface area contributed by atoms with E-state index >= 15 is 0 Å². The number of ether oxygens (including phenoxy) is 1. The van der Waals surface area contributed by atoms with Crippen molar-refractivity contribution in [2.24, 2.45) is 5.92 Å². The van der Waals surface area contributed by atoms with E-state index in [9.17, 15) is 0 Å². The second-order valence-corrected chi connectivity index (χ2v) is 4.42. The topological polar surface area (TPSA) is 48.2 Å². The molecule has 0 saturated heterocycles. The van der Waals surface area contributed by atoms with Crippen LogP contribution in [0.3, 0.4) is 0 Å². The lowest BCUT2D eigenvalue weighted by atomic mass is 10.1. The van der Waals surface area contributed by atoms with Crippen molar-refractivity contribution in [3.8, 4) is 17.2 Å². The number of rotatable bonds is 6. The lowest BCUT2D eigenvalue weighted by Crippen LogP contribution is -2.03. The standard InChI is InChI=1S/C14H18N2O2/c1-3-11(2)8-9-17-13-6-4-12(5-7-13)14-16-15-10-18-14/h4-7,10-11H,3,8-9H2,1-2H3. The Morgan fingerprint density at radius 1 is 1.28 bits per heavy atom. The second-order valence-electron chi connectivity index (χ2n) is 4.42. The van der Waals surface area contributed by atoms with E-state index in [2.05, 4.69) is 24.0 Å². The van der Waals surface area contributed by atoms with Crippen LogP contribution in [-0.2, 0) is 0 Å². The van der Waals surface area contributed by atoms with Gasteiger partial charge in [0.05, 0.1) is 6.61 Å². The number of aromatic nitrogens is 2. The molecule has 0 bridgehead atoms. The molecule has 1 unspecified atom stereocenters. The first-order valence-corrected chi connectivity index (χ1v) is 6.29. The van der Waals surface area contributed by atoms with E-state index in [1.54, 1.807) is 0 Å². The van der Waals surface area contributed by atoms with Crippen molar-refractivity contribution in [1.29, 1.82) is 0 Å². The summed E-state index contributed by atoms with van der Waals surface area (Å²) in [7, 11) is 0. The van der Waals surface area contributed by atoms with Crippen molar-refractivity contribution < 1.29 is 9.15 Å². The third-order valence-corrected chi connectivity index (χ3v) is 3.04. The highest BCUT2D eigenvalue weighted by Crippen LogP contribution is 2.20. The molecule has 0 aliphatic carbocycles. The van der Waals surface area contributed by atoms with Crippen LogP contribution in [0.5, 0.6) is 5.75 Å². The maximum atomic E-state index is 5.68. The van der Waals surface area contributed by atoms with E-state index in [0.29, 0.717) is 11.8 Å². The first-order chi connectivity index (χ1) is 8.79. The van der Waals surface area contributed by atoms with Gasteiger partial charge in [-0.1, -0.05) is 20.3 Å². The average molecular weight is 246 g/mol. The van der Waals surface area contributed by atoms with Gasteiger partial charge in [-0.25, -0.2) is 0 Å². The molecule has 0 fully saturated rings. The van der Waals surface area contributed by atoms with Crippen LogP contribution in [0.15, 0.2) is 35.1 Å². The van der Waals surface area contributed by atoms with Gasteiger partial charge >= 0.3 is 0 Å². The molecule has 4 nitrogen and oxygen atoms in total. The molecule has 0 spiro atoms. The molecule has 1 aromatic heterocycles. The van der Waals surface area contributed by atoms with Crippen LogP contribution in [0.25, 0.3) is 11.5 Å². The predicted octanol–water partition coefficient (Wildman–Crippen LogP) is 3.55. The van der Waals surface area contributed by atoms with Crippen molar-refractivity contribution in [1.82, 2.24) is 10.2 Å². The Kier molecular flexibility index (Phi) is 4.34. The molecule has 0 saturated carbocycles. The highest BCUT2D eigenvalue weighted by Gasteiger charge is 2.04. The Balaban J connectivity index is 1.88. The monoisotopic (exact) mass is 246 g/mol. The lowest BCUT2D eigenvalue weighted by Gasteiger charge is -2.10. The molecule has 1 atom stereocenters. The molecule has 0 radical (unpaired) electrons. The molecule has 0 N–H and O–H groups in total. The van der Waals surface area contributed by atoms with Gasteiger partial charge in [-0.05, 0) is 36.6 Å². The summed E-state index contributed by atoms with van der Waals surface area (Å²) in [5.41, 5.74) is 0.904. The smallest absolute Gasteiger partial charge is 0.247 e. The van der Waals surface area contributed by atoms with Crippen molar-refractivity contribution in [3.63, 3.8) is 0 Å². The van der Waals surface area contributed by atoms with Gasteiger partial charge in [-0.2, -0.15) is 0 Å². The molecule has 1 aromatic carbocycles. The zero-order valence-corrected chi connectivity index (χ0v) is 10.8. The number of nitrogens with zero attached hydrogens (tertiary/aromatic N) is 2. The summed E-state index contributed by atoms with van der Waals surface area (Å²) in [4.78, 5) is 0. The predicted molar refractivity (Wildman–Crippen MR) is 69.3 cm³/mol. The Bertz CT molecular complexity index is 451. The molecule has 0 amide bonds. The minimum absolute atomic E-state index is 0.529. The normalized spacial score (nSPS) is 12.3. The molecule has 0 aliphatic rings. The molecule has 18 heavy (non-hydrogen) atoms. The van der Waals surface area contributed by atoms with Crippen molar-refractivity contribution in [3.05, 3.63) is 30.7 Å². The Labute approximate surface area is 107 Å². The fourth-order valence-corrected chi connectivity index (χ4v) is 1.57. The molecule has 1 heterocycles. The zero-order valence-electron chi connectivity index (χ0n) is 10.8. The molecule has 0 aliphatic heterocycles. The van der Waals surface area contributed by atoms with Crippen LogP contribution in [0.2, 0.25) is 0 Å². The average Bonchev–Trinajstić information content (AvgIpc) is 2.93. The summed E-state index contributed by atoms with van der Waals surface area (Å²) in [6, 6.07) is 7.70. The van der Waals surface area contributed by atoms with E-state index in [0.717, 1.165) is 24.3 Å². The molecule has 96 valence electrons. The Morgan fingerprint density at radius 2 is 2.06 bits per heavy atom. The maximum absolute atomic E-state index is 5.68. The van der Waals surface area contributed by atoms with Crippen LogP contribution >= 0.6 is 0 Å². The highest BCUT2D eigenvalue weighted by molar-refractivity contribution is 5.53. The summed E-state index contributed by atoms with van der Waals surface area (Å²) in [5, 5.41) is 7.51. The summed E-state index contributed by atoms with van der Waals surface area (Å²) < 4.78 is 10.8.